The molecule has 0 rings (SSSR count). The molecule has 0 atom stereocenters. The Bertz CT molecular complexity index is 44.0. The molecule has 0 aliphatic carbocycles. The maximum absolute atomic E-state index is 5.14. The van der Waals surface area contributed by atoms with Gasteiger partial charge in [-0.3, -0.25) is 4.58 Å². The first-order valence-corrected chi connectivity index (χ1v) is 3.26. The van der Waals surface area contributed by atoms with Crippen molar-refractivity contribution in [2.45, 2.75) is 6.42 Å². The Morgan fingerprint density at radius 1 is 1.44 bits per heavy atom. The summed E-state index contributed by atoms with van der Waals surface area (Å²) in [6.07, 6.45) is 0.797. The molecular weight excluding hydrogens is 162 g/mol. The van der Waals surface area contributed by atoms with Gasteiger partial charge in [0.1, 0.15) is 0 Å². The van der Waals surface area contributed by atoms with Crippen molar-refractivity contribution >= 4 is 22.9 Å². The molecule has 6 heteroatoms. The molecular formula is C3H12ClNO3Si. The van der Waals surface area contributed by atoms with E-state index in [2.05, 4.69) is 14.5 Å². The zero-order valence-electron chi connectivity index (χ0n) is 5.33. The minimum absolute atomic E-state index is 0. The van der Waals surface area contributed by atoms with Crippen LogP contribution in [0.1, 0.15) is 6.42 Å². The minimum atomic E-state index is 0. The monoisotopic (exact) mass is 173 g/mol. The molecule has 0 amide bonds. The highest BCUT2D eigenvalue weighted by molar-refractivity contribution is 5.97. The van der Waals surface area contributed by atoms with E-state index in [1.165, 1.54) is 0 Å². The van der Waals surface area contributed by atoms with Gasteiger partial charge in [0, 0.05) is 0 Å². The summed E-state index contributed by atoms with van der Waals surface area (Å²) in [7, 11) is 0.529. The summed E-state index contributed by atoms with van der Waals surface area (Å²) < 4.78 is 4.26. The molecule has 9 heavy (non-hydrogen) atoms. The van der Waals surface area contributed by atoms with Crippen LogP contribution in [0.2, 0.25) is 0 Å². The van der Waals surface area contributed by atoms with E-state index < -0.39 is 0 Å². The third kappa shape index (κ3) is 11.8. The van der Waals surface area contributed by atoms with Crippen molar-refractivity contribution in [3.05, 3.63) is 0 Å². The Kier molecular flexibility index (Phi) is 15.0. The van der Waals surface area contributed by atoms with Crippen LogP contribution >= 0.6 is 12.4 Å². The van der Waals surface area contributed by atoms with Gasteiger partial charge < -0.3 is 5.73 Å². The van der Waals surface area contributed by atoms with E-state index in [4.69, 9.17) is 5.73 Å². The second kappa shape index (κ2) is 11.2. The molecule has 0 aromatic heterocycles. The van der Waals surface area contributed by atoms with Crippen LogP contribution in [-0.4, -0.2) is 23.6 Å². The summed E-state index contributed by atoms with van der Waals surface area (Å²) in [5.41, 5.74) is 5.14. The summed E-state index contributed by atoms with van der Waals surface area (Å²) in [5.74, 6) is 0. The summed E-state index contributed by atoms with van der Waals surface area (Å²) in [5, 5.41) is 4.14. The van der Waals surface area contributed by atoms with Crippen LogP contribution in [0.15, 0.2) is 0 Å². The van der Waals surface area contributed by atoms with Crippen molar-refractivity contribution in [3.8, 4) is 0 Å². The quantitative estimate of drug-likeness (QED) is 0.249. The van der Waals surface area contributed by atoms with Gasteiger partial charge in [-0.2, -0.15) is 0 Å². The van der Waals surface area contributed by atoms with Gasteiger partial charge in [-0.15, -0.1) is 12.4 Å². The average molecular weight is 174 g/mol. The van der Waals surface area contributed by atoms with Crippen LogP contribution in [0.25, 0.3) is 0 Å². The molecule has 0 aromatic carbocycles. The Morgan fingerprint density at radius 2 is 2.11 bits per heavy atom. The molecule has 58 valence electrons. The van der Waals surface area contributed by atoms with Crippen LogP contribution < -0.4 is 5.73 Å². The molecule has 0 bridgehead atoms. The summed E-state index contributed by atoms with van der Waals surface area (Å²) in [6.45, 7) is 1.11. The fourth-order valence-electron chi connectivity index (χ4n) is 0.224. The normalized spacial score (nSPS) is 9.00. The summed E-state index contributed by atoms with van der Waals surface area (Å²) in [6, 6.07) is 0. The lowest BCUT2D eigenvalue weighted by atomic mass is 10.5. The smallest absolute Gasteiger partial charge is 0.197 e. The van der Waals surface area contributed by atoms with Gasteiger partial charge in [-0.25, -0.2) is 4.89 Å². The van der Waals surface area contributed by atoms with Gasteiger partial charge in [0.2, 0.25) is 0 Å². The molecule has 0 aliphatic rings. The number of hydrogen-bond donors (Lipinski definition) is 1. The maximum Gasteiger partial charge on any atom is 0.197 e. The Labute approximate surface area is 63.5 Å². The van der Waals surface area contributed by atoms with Gasteiger partial charge in [-0.05, 0) is 13.0 Å². The second-order valence-corrected chi connectivity index (χ2v) is 1.53. The van der Waals surface area contributed by atoms with Crippen molar-refractivity contribution in [1.29, 1.82) is 0 Å². The van der Waals surface area contributed by atoms with Gasteiger partial charge >= 0.3 is 0 Å². The zero-order chi connectivity index (χ0) is 6.24. The SMILES string of the molecule is Cl.NCCCOOO[SiH3]. The fraction of sp³-hybridized carbons (Fsp3) is 1.00. The molecule has 0 spiro atoms. The highest BCUT2D eigenvalue weighted by atomic mass is 35.5. The van der Waals surface area contributed by atoms with Crippen LogP contribution in [-0.2, 0) is 14.5 Å². The molecule has 4 nitrogen and oxygen atoms in total. The first-order valence-electron chi connectivity index (χ1n) is 2.44. The standard InChI is InChI=1S/C3H11NO3Si.ClH/c4-2-1-3-5-6-7-8;/h1-4H2,8H3;1H. The van der Waals surface area contributed by atoms with E-state index in [9.17, 15) is 0 Å². The maximum atomic E-state index is 5.14. The van der Waals surface area contributed by atoms with Crippen molar-refractivity contribution in [2.75, 3.05) is 13.2 Å². The molecule has 0 radical (unpaired) electrons. The van der Waals surface area contributed by atoms with E-state index in [0.29, 0.717) is 23.6 Å². The third-order valence-corrected chi connectivity index (χ3v) is 0.684. The van der Waals surface area contributed by atoms with E-state index >= 15 is 0 Å². The minimum Gasteiger partial charge on any atom is -0.330 e. The molecule has 0 fully saturated rings. The van der Waals surface area contributed by atoms with Crippen LogP contribution in [0, 0.1) is 0 Å². The van der Waals surface area contributed by atoms with Crippen molar-refractivity contribution in [2.24, 2.45) is 5.73 Å². The van der Waals surface area contributed by atoms with Crippen LogP contribution in [0.4, 0.5) is 0 Å². The Morgan fingerprint density at radius 3 is 2.56 bits per heavy atom. The predicted octanol–water partition coefficient (Wildman–Crippen LogP) is -1.08. The average Bonchev–Trinajstić information content (AvgIpc) is 1.81. The topological polar surface area (TPSA) is 53.7 Å². The van der Waals surface area contributed by atoms with Crippen molar-refractivity contribution < 1.29 is 14.5 Å². The lowest BCUT2D eigenvalue weighted by Gasteiger charge is -1.96. The molecule has 0 aromatic rings. The van der Waals surface area contributed by atoms with Crippen molar-refractivity contribution in [3.63, 3.8) is 0 Å². The molecule has 2 N–H and O–H groups in total. The highest BCUT2D eigenvalue weighted by Crippen LogP contribution is 1.79. The zero-order valence-corrected chi connectivity index (χ0v) is 8.15. The van der Waals surface area contributed by atoms with Crippen LogP contribution in [0.3, 0.4) is 0 Å². The number of hydrogen-bond acceptors (Lipinski definition) is 4. The van der Waals surface area contributed by atoms with E-state index in [1.807, 2.05) is 0 Å². The van der Waals surface area contributed by atoms with Gasteiger partial charge in [0.05, 0.1) is 6.61 Å². The number of rotatable bonds is 5. The number of nitrogens with two attached hydrogens (primary N) is 1. The van der Waals surface area contributed by atoms with Gasteiger partial charge in [0.25, 0.3) is 0 Å². The Balaban J connectivity index is 0. The largest absolute Gasteiger partial charge is 0.330 e. The molecule has 0 unspecified atom stereocenters. The van der Waals surface area contributed by atoms with Gasteiger partial charge in [-0.1, -0.05) is 5.04 Å². The molecule has 0 aliphatic heterocycles. The van der Waals surface area contributed by atoms with E-state index in [-0.39, 0.29) is 12.4 Å². The fourth-order valence-corrected chi connectivity index (χ4v) is 0.321. The van der Waals surface area contributed by atoms with Crippen molar-refractivity contribution in [1.82, 2.24) is 0 Å². The highest BCUT2D eigenvalue weighted by Gasteiger charge is 1.83. The van der Waals surface area contributed by atoms with E-state index in [1.54, 1.807) is 0 Å². The lowest BCUT2D eigenvalue weighted by molar-refractivity contribution is -0.466. The second-order valence-electron chi connectivity index (χ2n) is 1.20. The summed E-state index contributed by atoms with van der Waals surface area (Å²) >= 11 is 0. The van der Waals surface area contributed by atoms with Gasteiger partial charge in [0.15, 0.2) is 10.5 Å². The van der Waals surface area contributed by atoms with E-state index in [0.717, 1.165) is 6.42 Å². The summed E-state index contributed by atoms with van der Waals surface area (Å²) in [4.78, 5) is 4.46. The molecule has 0 saturated heterocycles. The first kappa shape index (κ1) is 12.1. The predicted molar refractivity (Wildman–Crippen MR) is 39.0 cm³/mol. The molecule has 0 saturated carbocycles. The Hall–Kier alpha value is 0.347. The third-order valence-electron chi connectivity index (χ3n) is 0.548. The first-order chi connectivity index (χ1) is 3.91. The lowest BCUT2D eigenvalue weighted by Crippen LogP contribution is -2.04. The number of halogens is 1. The van der Waals surface area contributed by atoms with Crippen LogP contribution in [0.5, 0.6) is 0 Å². The molecule has 0 heterocycles.